The van der Waals surface area contributed by atoms with Crippen LogP contribution in [0.1, 0.15) is 44.9 Å². The molecule has 1 heterocycles. The molecule has 12 heavy (non-hydrogen) atoms. The van der Waals surface area contributed by atoms with Gasteiger partial charge in [-0.1, -0.05) is 32.6 Å². The topological polar surface area (TPSA) is 9.23 Å². The predicted octanol–water partition coefficient (Wildman–Crippen LogP) is 3.20. The first-order chi connectivity index (χ1) is 5.93. The van der Waals surface area contributed by atoms with Crippen LogP contribution in [0.15, 0.2) is 0 Å². The molecule has 0 aromatic heterocycles. The maximum atomic E-state index is 5.43. The largest absolute Gasteiger partial charge is 0.381 e. The Labute approximate surface area is 76.5 Å². The zero-order chi connectivity index (χ0) is 8.65. The van der Waals surface area contributed by atoms with Gasteiger partial charge in [0.25, 0.3) is 0 Å². The van der Waals surface area contributed by atoms with E-state index in [9.17, 15) is 0 Å². The van der Waals surface area contributed by atoms with E-state index in [0.29, 0.717) is 0 Å². The Kier molecular flexibility index (Phi) is 5.42. The second-order valence-electron chi connectivity index (χ2n) is 3.79. The molecular formula is C11H21O. The Balaban J connectivity index is 1.91. The first-order valence-electron chi connectivity index (χ1n) is 5.30. The highest BCUT2D eigenvalue weighted by Gasteiger charge is 2.12. The second-order valence-corrected chi connectivity index (χ2v) is 3.79. The van der Waals surface area contributed by atoms with Crippen LogP contribution in [-0.4, -0.2) is 13.2 Å². The van der Waals surface area contributed by atoms with Crippen LogP contribution >= 0.6 is 0 Å². The zero-order valence-corrected chi connectivity index (χ0v) is 8.06. The molecule has 0 bridgehead atoms. The highest BCUT2D eigenvalue weighted by molar-refractivity contribution is 4.63. The molecule has 0 aromatic carbocycles. The second kappa shape index (κ2) is 6.47. The summed E-state index contributed by atoms with van der Waals surface area (Å²) in [5, 5.41) is 0. The van der Waals surface area contributed by atoms with Crippen LogP contribution in [0.5, 0.6) is 0 Å². The standard InChI is InChI=1S/C11H21O/c1-2-3-4-5-7-11-8-6-9-12-10-11/h11H,1-10H2. The molecule has 1 atom stereocenters. The molecule has 0 aliphatic carbocycles. The highest BCUT2D eigenvalue weighted by atomic mass is 16.5. The van der Waals surface area contributed by atoms with Crippen LogP contribution in [0.2, 0.25) is 0 Å². The van der Waals surface area contributed by atoms with E-state index < -0.39 is 0 Å². The molecule has 1 aliphatic rings. The van der Waals surface area contributed by atoms with Crippen LogP contribution in [0.25, 0.3) is 0 Å². The normalized spacial score (nSPS) is 24.2. The lowest BCUT2D eigenvalue weighted by atomic mass is 9.95. The van der Waals surface area contributed by atoms with Crippen LogP contribution in [0.4, 0.5) is 0 Å². The fourth-order valence-corrected chi connectivity index (χ4v) is 1.82. The Morgan fingerprint density at radius 3 is 2.83 bits per heavy atom. The zero-order valence-electron chi connectivity index (χ0n) is 8.06. The smallest absolute Gasteiger partial charge is 0.0494 e. The summed E-state index contributed by atoms with van der Waals surface area (Å²) in [6, 6.07) is 0. The number of rotatable bonds is 5. The lowest BCUT2D eigenvalue weighted by Crippen LogP contribution is -2.16. The molecule has 1 heteroatoms. The molecule has 0 aromatic rings. The number of hydrogen-bond donors (Lipinski definition) is 0. The minimum absolute atomic E-state index is 0.864. The van der Waals surface area contributed by atoms with Crippen molar-refractivity contribution in [3.05, 3.63) is 6.92 Å². The molecule has 0 saturated carbocycles. The predicted molar refractivity (Wildman–Crippen MR) is 52.0 cm³/mol. The third kappa shape index (κ3) is 4.10. The number of unbranched alkanes of at least 4 members (excludes halogenated alkanes) is 3. The van der Waals surface area contributed by atoms with Gasteiger partial charge in [0.05, 0.1) is 0 Å². The van der Waals surface area contributed by atoms with Crippen molar-refractivity contribution in [2.45, 2.75) is 44.9 Å². The van der Waals surface area contributed by atoms with Gasteiger partial charge in [0, 0.05) is 13.2 Å². The molecule has 71 valence electrons. The summed E-state index contributed by atoms with van der Waals surface area (Å²) in [5.41, 5.74) is 0. The Bertz CT molecular complexity index is 95.2. The van der Waals surface area contributed by atoms with Gasteiger partial charge in [0.1, 0.15) is 0 Å². The van der Waals surface area contributed by atoms with Crippen LogP contribution in [-0.2, 0) is 4.74 Å². The molecule has 1 rings (SSSR count). The molecule has 0 N–H and O–H groups in total. The fourth-order valence-electron chi connectivity index (χ4n) is 1.82. The Morgan fingerprint density at radius 2 is 2.17 bits per heavy atom. The lowest BCUT2D eigenvalue weighted by Gasteiger charge is -2.21. The average molecular weight is 169 g/mol. The summed E-state index contributed by atoms with van der Waals surface area (Å²) in [6.45, 7) is 5.86. The third-order valence-corrected chi connectivity index (χ3v) is 2.62. The van der Waals surface area contributed by atoms with Crippen molar-refractivity contribution in [3.8, 4) is 0 Å². The van der Waals surface area contributed by atoms with Crippen molar-refractivity contribution >= 4 is 0 Å². The average Bonchev–Trinajstić information content (AvgIpc) is 2.14. The van der Waals surface area contributed by atoms with Gasteiger partial charge < -0.3 is 4.74 Å². The van der Waals surface area contributed by atoms with E-state index in [-0.39, 0.29) is 0 Å². The fraction of sp³-hybridized carbons (Fsp3) is 0.909. The summed E-state index contributed by atoms with van der Waals surface area (Å²) in [5.74, 6) is 0.864. The van der Waals surface area contributed by atoms with Gasteiger partial charge in [0.15, 0.2) is 0 Å². The van der Waals surface area contributed by atoms with Crippen molar-refractivity contribution in [3.63, 3.8) is 0 Å². The maximum Gasteiger partial charge on any atom is 0.0494 e. The van der Waals surface area contributed by atoms with Crippen molar-refractivity contribution < 1.29 is 4.74 Å². The van der Waals surface area contributed by atoms with Gasteiger partial charge in [-0.25, -0.2) is 0 Å². The molecule has 0 amide bonds. The molecule has 1 aliphatic heterocycles. The molecule has 1 saturated heterocycles. The Morgan fingerprint density at radius 1 is 1.25 bits per heavy atom. The van der Waals surface area contributed by atoms with Gasteiger partial charge in [-0.3, -0.25) is 0 Å². The molecule has 0 spiro atoms. The van der Waals surface area contributed by atoms with Crippen LogP contribution in [0.3, 0.4) is 0 Å². The van der Waals surface area contributed by atoms with Crippen molar-refractivity contribution in [2.75, 3.05) is 13.2 Å². The lowest BCUT2D eigenvalue weighted by molar-refractivity contribution is 0.0507. The summed E-state index contributed by atoms with van der Waals surface area (Å²) in [4.78, 5) is 0. The van der Waals surface area contributed by atoms with E-state index in [1.807, 2.05) is 0 Å². The van der Waals surface area contributed by atoms with Gasteiger partial charge in [-0.05, 0) is 25.2 Å². The van der Waals surface area contributed by atoms with Crippen molar-refractivity contribution in [1.29, 1.82) is 0 Å². The van der Waals surface area contributed by atoms with Crippen molar-refractivity contribution in [1.82, 2.24) is 0 Å². The Hall–Kier alpha value is -0.0400. The van der Waals surface area contributed by atoms with Gasteiger partial charge in [0.2, 0.25) is 0 Å². The summed E-state index contributed by atoms with van der Waals surface area (Å²) in [6.07, 6.45) is 9.18. The summed E-state index contributed by atoms with van der Waals surface area (Å²) < 4.78 is 5.43. The molecule has 1 nitrogen and oxygen atoms in total. The minimum Gasteiger partial charge on any atom is -0.381 e. The molecule has 1 unspecified atom stereocenters. The van der Waals surface area contributed by atoms with E-state index in [2.05, 4.69) is 6.92 Å². The van der Waals surface area contributed by atoms with E-state index in [1.165, 1.54) is 38.5 Å². The monoisotopic (exact) mass is 169 g/mol. The van der Waals surface area contributed by atoms with Gasteiger partial charge in [-0.15, -0.1) is 0 Å². The van der Waals surface area contributed by atoms with Gasteiger partial charge in [-0.2, -0.15) is 0 Å². The molecular weight excluding hydrogens is 148 g/mol. The van der Waals surface area contributed by atoms with Crippen LogP contribution in [0, 0.1) is 12.8 Å². The van der Waals surface area contributed by atoms with Crippen LogP contribution < -0.4 is 0 Å². The third-order valence-electron chi connectivity index (χ3n) is 2.62. The SMILES string of the molecule is [CH2]CCCCCC1CCCOC1. The summed E-state index contributed by atoms with van der Waals surface area (Å²) >= 11 is 0. The molecule has 1 radical (unpaired) electrons. The summed E-state index contributed by atoms with van der Waals surface area (Å²) in [7, 11) is 0. The van der Waals surface area contributed by atoms with E-state index >= 15 is 0 Å². The maximum absolute atomic E-state index is 5.43. The van der Waals surface area contributed by atoms with Crippen molar-refractivity contribution in [2.24, 2.45) is 5.92 Å². The quantitative estimate of drug-likeness (QED) is 0.574. The van der Waals surface area contributed by atoms with E-state index in [4.69, 9.17) is 4.74 Å². The van der Waals surface area contributed by atoms with E-state index in [1.54, 1.807) is 0 Å². The first-order valence-corrected chi connectivity index (χ1v) is 5.30. The number of ether oxygens (including phenoxy) is 1. The highest BCUT2D eigenvalue weighted by Crippen LogP contribution is 2.19. The van der Waals surface area contributed by atoms with E-state index in [0.717, 1.165) is 25.6 Å². The minimum atomic E-state index is 0.864. The first kappa shape index (κ1) is 10.0. The molecule has 1 fully saturated rings. The number of hydrogen-bond acceptors (Lipinski definition) is 1. The van der Waals surface area contributed by atoms with Gasteiger partial charge >= 0.3 is 0 Å².